The topological polar surface area (TPSA) is 50.2 Å². The van der Waals surface area contributed by atoms with Crippen molar-refractivity contribution in [1.29, 1.82) is 0 Å². The van der Waals surface area contributed by atoms with E-state index in [0.717, 1.165) is 17.1 Å². The molecule has 4 heteroatoms. The highest BCUT2D eigenvalue weighted by atomic mass is 32.1. The van der Waals surface area contributed by atoms with E-state index in [4.69, 9.17) is 5.11 Å². The van der Waals surface area contributed by atoms with Crippen LogP contribution in [0.3, 0.4) is 0 Å². The van der Waals surface area contributed by atoms with Crippen molar-refractivity contribution in [1.82, 2.24) is 4.98 Å². The van der Waals surface area contributed by atoms with Crippen LogP contribution in [0.1, 0.15) is 24.0 Å². The van der Waals surface area contributed by atoms with Gasteiger partial charge in [-0.15, -0.1) is 11.3 Å². The predicted octanol–water partition coefficient (Wildman–Crippen LogP) is 2.10. The summed E-state index contributed by atoms with van der Waals surface area (Å²) in [6.07, 6.45) is 1.43. The maximum absolute atomic E-state index is 10.5. The zero-order chi connectivity index (χ0) is 9.84. The van der Waals surface area contributed by atoms with E-state index in [1.165, 1.54) is 0 Å². The Labute approximate surface area is 81.4 Å². The number of carboxylic acids is 1. The number of aromatic nitrogens is 1. The van der Waals surface area contributed by atoms with E-state index in [2.05, 4.69) is 4.98 Å². The van der Waals surface area contributed by atoms with Crippen LogP contribution in [0.15, 0.2) is 5.38 Å². The Hall–Kier alpha value is -0.900. The third kappa shape index (κ3) is 3.14. The zero-order valence-corrected chi connectivity index (χ0v) is 8.60. The largest absolute Gasteiger partial charge is 0.481 e. The maximum atomic E-state index is 10.5. The van der Waals surface area contributed by atoms with Gasteiger partial charge < -0.3 is 5.11 Å². The lowest BCUT2D eigenvalue weighted by Crippen LogP contribution is -2.10. The normalized spacial score (nSPS) is 12.8. The van der Waals surface area contributed by atoms with Crippen LogP contribution in [-0.2, 0) is 11.2 Å². The molecule has 0 aliphatic carbocycles. The Kier molecular flexibility index (Phi) is 3.42. The molecule has 0 spiro atoms. The summed E-state index contributed by atoms with van der Waals surface area (Å²) in [6.45, 7) is 3.68. The van der Waals surface area contributed by atoms with Gasteiger partial charge in [-0.3, -0.25) is 4.79 Å². The van der Waals surface area contributed by atoms with Gasteiger partial charge in [-0.25, -0.2) is 4.98 Å². The number of hydrogen-bond acceptors (Lipinski definition) is 3. The lowest BCUT2D eigenvalue weighted by Gasteiger charge is -2.02. The first-order valence-corrected chi connectivity index (χ1v) is 5.11. The van der Waals surface area contributed by atoms with E-state index in [1.54, 1.807) is 18.3 Å². The molecular weight excluding hydrogens is 186 g/mol. The highest BCUT2D eigenvalue weighted by Gasteiger charge is 2.11. The Balaban J connectivity index is 2.39. The molecular formula is C9H13NO2S. The number of thiazole rings is 1. The highest BCUT2D eigenvalue weighted by Crippen LogP contribution is 2.12. The SMILES string of the molecule is Cc1nc(CCC(C)C(=O)O)cs1. The summed E-state index contributed by atoms with van der Waals surface area (Å²) in [4.78, 5) is 14.8. The Morgan fingerprint density at radius 2 is 2.46 bits per heavy atom. The second-order valence-electron chi connectivity index (χ2n) is 3.14. The molecule has 0 amide bonds. The van der Waals surface area contributed by atoms with Crippen LogP contribution in [0.25, 0.3) is 0 Å². The van der Waals surface area contributed by atoms with E-state index < -0.39 is 5.97 Å². The van der Waals surface area contributed by atoms with Crippen molar-refractivity contribution in [3.8, 4) is 0 Å². The van der Waals surface area contributed by atoms with Gasteiger partial charge in [-0.2, -0.15) is 0 Å². The molecule has 1 rings (SSSR count). The summed E-state index contributed by atoms with van der Waals surface area (Å²) in [5.74, 6) is -1.01. The van der Waals surface area contributed by atoms with Crippen LogP contribution in [0.5, 0.6) is 0 Å². The maximum Gasteiger partial charge on any atom is 0.306 e. The first kappa shape index (κ1) is 10.2. The van der Waals surface area contributed by atoms with Crippen molar-refractivity contribution < 1.29 is 9.90 Å². The average Bonchev–Trinajstić information content (AvgIpc) is 2.47. The van der Waals surface area contributed by atoms with Gasteiger partial charge in [0.25, 0.3) is 0 Å². The second kappa shape index (κ2) is 4.37. The number of aryl methyl sites for hydroxylation is 2. The van der Waals surface area contributed by atoms with Crippen LogP contribution < -0.4 is 0 Å². The molecule has 0 fully saturated rings. The zero-order valence-electron chi connectivity index (χ0n) is 7.78. The van der Waals surface area contributed by atoms with Crippen molar-refractivity contribution >= 4 is 17.3 Å². The molecule has 1 atom stereocenters. The van der Waals surface area contributed by atoms with Crippen LogP contribution in [0.4, 0.5) is 0 Å². The van der Waals surface area contributed by atoms with Crippen molar-refractivity contribution in [2.75, 3.05) is 0 Å². The van der Waals surface area contributed by atoms with Gasteiger partial charge in [0, 0.05) is 5.38 Å². The molecule has 1 unspecified atom stereocenters. The average molecular weight is 199 g/mol. The second-order valence-corrected chi connectivity index (χ2v) is 4.20. The first-order valence-electron chi connectivity index (χ1n) is 4.23. The van der Waals surface area contributed by atoms with Crippen LogP contribution in [0, 0.1) is 12.8 Å². The molecule has 72 valence electrons. The third-order valence-corrected chi connectivity index (χ3v) is 2.74. The molecule has 1 N–H and O–H groups in total. The highest BCUT2D eigenvalue weighted by molar-refractivity contribution is 7.09. The van der Waals surface area contributed by atoms with E-state index in [-0.39, 0.29) is 5.92 Å². The lowest BCUT2D eigenvalue weighted by atomic mass is 10.1. The summed E-state index contributed by atoms with van der Waals surface area (Å²) in [7, 11) is 0. The van der Waals surface area contributed by atoms with E-state index >= 15 is 0 Å². The van der Waals surface area contributed by atoms with Gasteiger partial charge in [0.2, 0.25) is 0 Å². The van der Waals surface area contributed by atoms with Gasteiger partial charge in [-0.1, -0.05) is 6.92 Å². The number of carboxylic acid groups (broad SMARTS) is 1. The quantitative estimate of drug-likeness (QED) is 0.808. The molecule has 1 aromatic rings. The van der Waals surface area contributed by atoms with E-state index in [9.17, 15) is 4.79 Å². The van der Waals surface area contributed by atoms with Gasteiger partial charge in [0.15, 0.2) is 0 Å². The summed E-state index contributed by atoms with van der Waals surface area (Å²) in [6, 6.07) is 0. The summed E-state index contributed by atoms with van der Waals surface area (Å²) in [5, 5.41) is 11.7. The molecule has 1 aromatic heterocycles. The van der Waals surface area contributed by atoms with Crippen molar-refractivity contribution in [2.45, 2.75) is 26.7 Å². The number of carbonyl (C=O) groups is 1. The Morgan fingerprint density at radius 3 is 2.92 bits per heavy atom. The Morgan fingerprint density at radius 1 is 1.77 bits per heavy atom. The minimum atomic E-state index is -0.730. The van der Waals surface area contributed by atoms with Crippen LogP contribution in [-0.4, -0.2) is 16.1 Å². The molecule has 0 aliphatic rings. The number of hydrogen-bond donors (Lipinski definition) is 1. The van der Waals surface area contributed by atoms with Crippen LogP contribution in [0.2, 0.25) is 0 Å². The molecule has 3 nitrogen and oxygen atoms in total. The number of aliphatic carboxylic acids is 1. The third-order valence-electron chi connectivity index (χ3n) is 1.92. The molecule has 0 saturated carbocycles. The van der Waals surface area contributed by atoms with Crippen molar-refractivity contribution in [2.24, 2.45) is 5.92 Å². The minimum Gasteiger partial charge on any atom is -0.481 e. The number of rotatable bonds is 4. The fourth-order valence-corrected chi connectivity index (χ4v) is 1.66. The molecule has 0 saturated heterocycles. The minimum absolute atomic E-state index is 0.276. The predicted molar refractivity (Wildman–Crippen MR) is 52.0 cm³/mol. The van der Waals surface area contributed by atoms with Crippen molar-refractivity contribution in [3.05, 3.63) is 16.1 Å². The standard InChI is InChI=1S/C9H13NO2S/c1-6(9(11)12)3-4-8-5-13-7(2)10-8/h5-6H,3-4H2,1-2H3,(H,11,12). The van der Waals surface area contributed by atoms with Gasteiger partial charge in [0.05, 0.1) is 16.6 Å². The fraction of sp³-hybridized carbons (Fsp3) is 0.556. The van der Waals surface area contributed by atoms with E-state index in [1.807, 2.05) is 12.3 Å². The van der Waals surface area contributed by atoms with Crippen LogP contribution >= 0.6 is 11.3 Å². The monoisotopic (exact) mass is 199 g/mol. The molecule has 0 bridgehead atoms. The molecule has 13 heavy (non-hydrogen) atoms. The number of nitrogens with zero attached hydrogens (tertiary/aromatic N) is 1. The summed E-state index contributed by atoms with van der Waals surface area (Å²) >= 11 is 1.61. The molecule has 1 heterocycles. The summed E-state index contributed by atoms with van der Waals surface area (Å²) < 4.78 is 0. The lowest BCUT2D eigenvalue weighted by molar-refractivity contribution is -0.141. The first-order chi connectivity index (χ1) is 6.09. The smallest absolute Gasteiger partial charge is 0.306 e. The van der Waals surface area contributed by atoms with Crippen molar-refractivity contribution in [3.63, 3.8) is 0 Å². The fourth-order valence-electron chi connectivity index (χ4n) is 1.01. The molecule has 0 radical (unpaired) electrons. The van der Waals surface area contributed by atoms with Gasteiger partial charge >= 0.3 is 5.97 Å². The van der Waals surface area contributed by atoms with Gasteiger partial charge in [-0.05, 0) is 19.8 Å². The molecule has 0 aliphatic heterocycles. The Bertz CT molecular complexity index is 296. The molecule has 0 aromatic carbocycles. The van der Waals surface area contributed by atoms with E-state index in [0.29, 0.717) is 6.42 Å². The summed E-state index contributed by atoms with van der Waals surface area (Å²) in [5.41, 5.74) is 1.01. The van der Waals surface area contributed by atoms with Gasteiger partial charge in [0.1, 0.15) is 0 Å².